The Bertz CT molecular complexity index is 1280. The minimum atomic E-state index is -0.279. The Labute approximate surface area is 185 Å². The van der Waals surface area contributed by atoms with Crippen LogP contribution in [0.25, 0.3) is 17.1 Å². The molecule has 3 heterocycles. The van der Waals surface area contributed by atoms with Crippen molar-refractivity contribution in [3.8, 4) is 17.1 Å². The smallest absolute Gasteiger partial charge is 0.274 e. The van der Waals surface area contributed by atoms with E-state index in [4.69, 9.17) is 4.42 Å². The van der Waals surface area contributed by atoms with E-state index in [1.54, 1.807) is 34.9 Å². The van der Waals surface area contributed by atoms with Gasteiger partial charge in [0, 0.05) is 30.9 Å². The third-order valence-corrected chi connectivity index (χ3v) is 5.55. The van der Waals surface area contributed by atoms with Crippen LogP contribution in [0.3, 0.4) is 0 Å². The minimum absolute atomic E-state index is 0.0277. The molecule has 4 aromatic rings. The predicted octanol–water partition coefficient (Wildman–Crippen LogP) is 4.68. The maximum atomic E-state index is 13.3. The maximum Gasteiger partial charge on any atom is 0.274 e. The number of rotatable bonds is 4. The van der Waals surface area contributed by atoms with Gasteiger partial charge in [-0.15, -0.1) is 0 Å². The summed E-state index contributed by atoms with van der Waals surface area (Å²) in [5.74, 6) is 0.338. The molecule has 0 bridgehead atoms. The van der Waals surface area contributed by atoms with Gasteiger partial charge in [0.1, 0.15) is 11.4 Å². The highest BCUT2D eigenvalue weighted by molar-refractivity contribution is 6.04. The Kier molecular flexibility index (Phi) is 5.07. The first-order valence-corrected chi connectivity index (χ1v) is 10.5. The number of furan rings is 1. The summed E-state index contributed by atoms with van der Waals surface area (Å²) in [6.07, 6.45) is 3.35. The van der Waals surface area contributed by atoms with Crippen LogP contribution in [0.4, 0.5) is 11.4 Å². The molecular formula is C25H22N4O3. The molecule has 0 saturated heterocycles. The molecule has 0 spiro atoms. The van der Waals surface area contributed by atoms with E-state index in [9.17, 15) is 9.59 Å². The largest absolute Gasteiger partial charge is 0.463 e. The fourth-order valence-corrected chi connectivity index (χ4v) is 4.05. The minimum Gasteiger partial charge on any atom is -0.463 e. The van der Waals surface area contributed by atoms with Crippen LogP contribution in [0.5, 0.6) is 0 Å². The highest BCUT2D eigenvalue weighted by Crippen LogP contribution is 2.30. The first-order chi connectivity index (χ1) is 15.6. The van der Waals surface area contributed by atoms with Crippen molar-refractivity contribution in [2.24, 2.45) is 0 Å². The van der Waals surface area contributed by atoms with Crippen LogP contribution >= 0.6 is 0 Å². The molecule has 2 aromatic carbocycles. The van der Waals surface area contributed by atoms with Gasteiger partial charge in [0.25, 0.3) is 5.91 Å². The van der Waals surface area contributed by atoms with E-state index in [2.05, 4.69) is 10.4 Å². The normalized spacial score (nSPS) is 13.0. The van der Waals surface area contributed by atoms with Crippen LogP contribution in [0.2, 0.25) is 0 Å². The molecule has 7 nitrogen and oxygen atoms in total. The van der Waals surface area contributed by atoms with E-state index in [-0.39, 0.29) is 11.8 Å². The van der Waals surface area contributed by atoms with E-state index < -0.39 is 0 Å². The van der Waals surface area contributed by atoms with Crippen LogP contribution < -0.4 is 10.2 Å². The lowest BCUT2D eigenvalue weighted by molar-refractivity contribution is -0.116. The molecule has 0 saturated carbocycles. The molecule has 7 heteroatoms. The predicted molar refractivity (Wildman–Crippen MR) is 122 cm³/mol. The van der Waals surface area contributed by atoms with Gasteiger partial charge in [-0.2, -0.15) is 5.10 Å². The Balaban J connectivity index is 1.48. The quantitative estimate of drug-likeness (QED) is 0.514. The topological polar surface area (TPSA) is 80.4 Å². The van der Waals surface area contributed by atoms with E-state index in [1.165, 1.54) is 0 Å². The lowest BCUT2D eigenvalue weighted by Crippen LogP contribution is -2.33. The van der Waals surface area contributed by atoms with Gasteiger partial charge in [-0.05, 0) is 60.9 Å². The highest BCUT2D eigenvalue weighted by Gasteiger charge is 2.22. The number of hydrogen-bond acceptors (Lipinski definition) is 4. The number of carbonyl (C=O) groups is 2. The maximum absolute atomic E-state index is 13.3. The Morgan fingerprint density at radius 2 is 1.88 bits per heavy atom. The number of fused-ring (bicyclic) bond motifs is 1. The van der Waals surface area contributed by atoms with Crippen molar-refractivity contribution in [3.63, 3.8) is 0 Å². The summed E-state index contributed by atoms with van der Waals surface area (Å²) in [6.45, 7) is 2.30. The van der Waals surface area contributed by atoms with Crippen LogP contribution in [0, 0.1) is 0 Å². The lowest BCUT2D eigenvalue weighted by Gasteiger charge is -2.29. The lowest BCUT2D eigenvalue weighted by atomic mass is 10.0. The van der Waals surface area contributed by atoms with Crippen LogP contribution in [-0.2, 0) is 11.2 Å². The summed E-state index contributed by atoms with van der Waals surface area (Å²) < 4.78 is 7.09. The second-order valence-corrected chi connectivity index (χ2v) is 7.71. The fourth-order valence-electron chi connectivity index (χ4n) is 4.05. The molecule has 1 N–H and O–H groups in total. The molecule has 1 aliphatic heterocycles. The van der Waals surface area contributed by atoms with E-state index in [1.807, 2.05) is 54.6 Å². The van der Waals surface area contributed by atoms with Gasteiger partial charge in [0.05, 0.1) is 12.0 Å². The second kappa shape index (κ2) is 8.19. The van der Waals surface area contributed by atoms with Gasteiger partial charge >= 0.3 is 0 Å². The van der Waals surface area contributed by atoms with Gasteiger partial charge in [0.2, 0.25) is 5.91 Å². The van der Waals surface area contributed by atoms with E-state index in [0.29, 0.717) is 22.8 Å². The zero-order chi connectivity index (χ0) is 22.1. The molecule has 2 amide bonds. The zero-order valence-corrected chi connectivity index (χ0v) is 17.6. The van der Waals surface area contributed by atoms with Crippen molar-refractivity contribution >= 4 is 23.2 Å². The van der Waals surface area contributed by atoms with Gasteiger partial charge in [-0.1, -0.05) is 18.2 Å². The third-order valence-electron chi connectivity index (χ3n) is 5.55. The number of nitrogens with zero attached hydrogens (tertiary/aromatic N) is 3. The number of nitrogens with one attached hydrogen (secondary N) is 1. The summed E-state index contributed by atoms with van der Waals surface area (Å²) in [5.41, 5.74) is 4.39. The SMILES string of the molecule is CC(=O)N1CCCc2cc(NC(=O)c3cc(-c4ccco4)nn3-c3ccccc3)ccc21. The molecule has 0 aliphatic carbocycles. The van der Waals surface area contributed by atoms with E-state index in [0.717, 1.165) is 36.3 Å². The monoisotopic (exact) mass is 426 g/mol. The number of benzene rings is 2. The first-order valence-electron chi connectivity index (χ1n) is 10.5. The number of aromatic nitrogens is 2. The number of hydrogen-bond donors (Lipinski definition) is 1. The average Bonchev–Trinajstić information content (AvgIpc) is 3.49. The van der Waals surface area contributed by atoms with Crippen LogP contribution in [0.1, 0.15) is 29.4 Å². The molecular weight excluding hydrogens is 404 g/mol. The summed E-state index contributed by atoms with van der Waals surface area (Å²) in [7, 11) is 0. The van der Waals surface area contributed by atoms with Crippen molar-refractivity contribution in [1.29, 1.82) is 0 Å². The summed E-state index contributed by atoms with van der Waals surface area (Å²) in [4.78, 5) is 27.0. The van der Waals surface area contributed by atoms with Crippen molar-refractivity contribution in [2.45, 2.75) is 19.8 Å². The standard InChI is InChI=1S/C25H22N4O3/c1-17(30)28-13-5-7-18-15-19(11-12-22(18)28)26-25(31)23-16-21(24-10-6-14-32-24)27-29(23)20-8-3-2-4-9-20/h2-4,6,8-12,14-16H,5,7,13H2,1H3,(H,26,31). The highest BCUT2D eigenvalue weighted by atomic mass is 16.3. The number of anilines is 2. The van der Waals surface area contributed by atoms with Crippen molar-refractivity contribution < 1.29 is 14.0 Å². The Morgan fingerprint density at radius 3 is 2.62 bits per heavy atom. The van der Waals surface area contributed by atoms with Crippen molar-refractivity contribution in [1.82, 2.24) is 9.78 Å². The second-order valence-electron chi connectivity index (χ2n) is 7.71. The Hall–Kier alpha value is -4.13. The van der Waals surface area contributed by atoms with Crippen LogP contribution in [0.15, 0.2) is 77.4 Å². The number of amides is 2. The molecule has 0 atom stereocenters. The van der Waals surface area contributed by atoms with Gasteiger partial charge < -0.3 is 14.6 Å². The first kappa shape index (κ1) is 19.8. The fraction of sp³-hybridized carbons (Fsp3) is 0.160. The molecule has 0 fully saturated rings. The van der Waals surface area contributed by atoms with Crippen LogP contribution in [-0.4, -0.2) is 28.1 Å². The van der Waals surface area contributed by atoms with Crippen molar-refractivity contribution in [3.05, 3.63) is 84.3 Å². The number of carbonyl (C=O) groups excluding carboxylic acids is 2. The summed E-state index contributed by atoms with van der Waals surface area (Å²) in [6, 6.07) is 20.5. The van der Waals surface area contributed by atoms with Gasteiger partial charge in [0.15, 0.2) is 5.76 Å². The molecule has 2 aromatic heterocycles. The molecule has 0 radical (unpaired) electrons. The number of aryl methyl sites for hydroxylation is 1. The Morgan fingerprint density at radius 1 is 1.03 bits per heavy atom. The third kappa shape index (κ3) is 3.69. The summed E-state index contributed by atoms with van der Waals surface area (Å²) in [5, 5.41) is 7.59. The average molecular weight is 426 g/mol. The van der Waals surface area contributed by atoms with Gasteiger partial charge in [-0.25, -0.2) is 4.68 Å². The number of para-hydroxylation sites is 1. The summed E-state index contributed by atoms with van der Waals surface area (Å²) >= 11 is 0. The molecule has 160 valence electrons. The van der Waals surface area contributed by atoms with E-state index >= 15 is 0 Å². The van der Waals surface area contributed by atoms with Gasteiger partial charge in [-0.3, -0.25) is 9.59 Å². The van der Waals surface area contributed by atoms with Crippen molar-refractivity contribution in [2.75, 3.05) is 16.8 Å². The molecule has 5 rings (SSSR count). The molecule has 0 unspecified atom stereocenters. The molecule has 1 aliphatic rings. The molecule has 32 heavy (non-hydrogen) atoms. The zero-order valence-electron chi connectivity index (χ0n) is 17.6.